The van der Waals surface area contributed by atoms with Crippen molar-refractivity contribution in [2.75, 3.05) is 0 Å². The van der Waals surface area contributed by atoms with Gasteiger partial charge in [0.25, 0.3) is 5.56 Å². The molecule has 17 heavy (non-hydrogen) atoms. The van der Waals surface area contributed by atoms with E-state index in [0.29, 0.717) is 0 Å². The van der Waals surface area contributed by atoms with Crippen LogP contribution in [0.15, 0.2) is 23.0 Å². The second-order valence-electron chi connectivity index (χ2n) is 4.80. The van der Waals surface area contributed by atoms with E-state index in [1.165, 1.54) is 5.56 Å². The fourth-order valence-electron chi connectivity index (χ4n) is 2.64. The SMILES string of the molecule is Cc1cc(=O)n(C)c2c3c(ccc12)OC(C)C3. The van der Waals surface area contributed by atoms with Crippen LogP contribution in [0.3, 0.4) is 0 Å². The predicted octanol–water partition coefficient (Wildman–Crippen LogP) is 2.17. The molecule has 88 valence electrons. The third-order valence-electron chi connectivity index (χ3n) is 3.49. The highest BCUT2D eigenvalue weighted by atomic mass is 16.5. The van der Waals surface area contributed by atoms with Crippen LogP contribution in [0, 0.1) is 6.92 Å². The van der Waals surface area contributed by atoms with Gasteiger partial charge < -0.3 is 9.30 Å². The van der Waals surface area contributed by atoms with Crippen LogP contribution in [0.5, 0.6) is 5.75 Å². The first-order chi connectivity index (χ1) is 8.08. The van der Waals surface area contributed by atoms with Gasteiger partial charge in [-0.2, -0.15) is 0 Å². The van der Waals surface area contributed by atoms with Gasteiger partial charge in [-0.3, -0.25) is 4.79 Å². The number of hydrogen-bond donors (Lipinski definition) is 0. The lowest BCUT2D eigenvalue weighted by molar-refractivity contribution is 0.254. The van der Waals surface area contributed by atoms with Gasteiger partial charge >= 0.3 is 0 Å². The van der Waals surface area contributed by atoms with Crippen LogP contribution in [-0.4, -0.2) is 10.7 Å². The van der Waals surface area contributed by atoms with Crippen LogP contribution in [0.1, 0.15) is 18.1 Å². The number of ether oxygens (including phenoxy) is 1. The van der Waals surface area contributed by atoms with Gasteiger partial charge in [-0.25, -0.2) is 0 Å². The molecule has 0 aliphatic carbocycles. The van der Waals surface area contributed by atoms with E-state index in [4.69, 9.17) is 4.74 Å². The molecule has 1 atom stereocenters. The van der Waals surface area contributed by atoms with Crippen molar-refractivity contribution in [1.29, 1.82) is 0 Å². The monoisotopic (exact) mass is 229 g/mol. The Hall–Kier alpha value is -1.77. The fraction of sp³-hybridized carbons (Fsp3) is 0.357. The first-order valence-corrected chi connectivity index (χ1v) is 5.87. The Morgan fingerprint density at radius 1 is 1.41 bits per heavy atom. The molecule has 0 radical (unpaired) electrons. The molecule has 0 saturated heterocycles. The molecule has 1 aliphatic rings. The molecule has 1 aromatic carbocycles. The zero-order chi connectivity index (χ0) is 12.2. The maximum Gasteiger partial charge on any atom is 0.251 e. The average molecular weight is 229 g/mol. The van der Waals surface area contributed by atoms with Crippen molar-refractivity contribution in [3.63, 3.8) is 0 Å². The Bertz CT molecular complexity index is 670. The number of pyridine rings is 1. The lowest BCUT2D eigenvalue weighted by Gasteiger charge is -2.10. The Balaban J connectivity index is 2.48. The normalized spacial score (nSPS) is 18.2. The fourth-order valence-corrected chi connectivity index (χ4v) is 2.64. The summed E-state index contributed by atoms with van der Waals surface area (Å²) in [4.78, 5) is 11.9. The summed E-state index contributed by atoms with van der Waals surface area (Å²) in [5.41, 5.74) is 3.27. The van der Waals surface area contributed by atoms with E-state index in [-0.39, 0.29) is 11.7 Å². The molecule has 2 heterocycles. The van der Waals surface area contributed by atoms with Crippen molar-refractivity contribution in [3.8, 4) is 5.75 Å². The average Bonchev–Trinajstić information content (AvgIpc) is 2.65. The number of hydrogen-bond acceptors (Lipinski definition) is 2. The zero-order valence-electron chi connectivity index (χ0n) is 10.3. The van der Waals surface area contributed by atoms with Gasteiger partial charge in [-0.05, 0) is 31.5 Å². The van der Waals surface area contributed by atoms with E-state index >= 15 is 0 Å². The van der Waals surface area contributed by atoms with Crippen LogP contribution in [-0.2, 0) is 13.5 Å². The standard InChI is InChI=1S/C14H15NO2/c1-8-6-13(16)15(3)14-10(8)4-5-12-11(14)7-9(2)17-12/h4-6,9H,7H2,1-3H3. The largest absolute Gasteiger partial charge is 0.490 e. The molecule has 3 rings (SSSR count). The van der Waals surface area contributed by atoms with Crippen molar-refractivity contribution in [3.05, 3.63) is 39.7 Å². The number of aromatic nitrogens is 1. The molecular weight excluding hydrogens is 214 g/mol. The predicted molar refractivity (Wildman–Crippen MR) is 67.7 cm³/mol. The smallest absolute Gasteiger partial charge is 0.251 e. The van der Waals surface area contributed by atoms with Crippen LogP contribution in [0.25, 0.3) is 10.9 Å². The Labute approximate surface area is 99.6 Å². The highest BCUT2D eigenvalue weighted by Gasteiger charge is 2.23. The number of benzene rings is 1. The summed E-state index contributed by atoms with van der Waals surface area (Å²) in [6, 6.07) is 5.74. The van der Waals surface area contributed by atoms with Crippen LogP contribution in [0.2, 0.25) is 0 Å². The molecule has 0 fully saturated rings. The van der Waals surface area contributed by atoms with Gasteiger partial charge in [0.2, 0.25) is 0 Å². The van der Waals surface area contributed by atoms with Gasteiger partial charge in [-0.1, -0.05) is 0 Å². The number of aryl methyl sites for hydroxylation is 2. The summed E-state index contributed by atoms with van der Waals surface area (Å²) in [6.45, 7) is 4.04. The Morgan fingerprint density at radius 3 is 2.94 bits per heavy atom. The summed E-state index contributed by atoms with van der Waals surface area (Å²) in [5.74, 6) is 0.922. The van der Waals surface area contributed by atoms with Crippen molar-refractivity contribution >= 4 is 10.9 Å². The molecule has 1 aliphatic heterocycles. The van der Waals surface area contributed by atoms with E-state index < -0.39 is 0 Å². The van der Waals surface area contributed by atoms with Crippen LogP contribution in [0.4, 0.5) is 0 Å². The molecule has 1 aromatic heterocycles. The summed E-state index contributed by atoms with van der Waals surface area (Å²) in [7, 11) is 1.83. The Morgan fingerprint density at radius 2 is 2.18 bits per heavy atom. The molecule has 0 bridgehead atoms. The number of rotatable bonds is 0. The molecule has 2 aromatic rings. The molecule has 0 spiro atoms. The molecule has 3 nitrogen and oxygen atoms in total. The first-order valence-electron chi connectivity index (χ1n) is 5.87. The molecule has 0 amide bonds. The minimum Gasteiger partial charge on any atom is -0.490 e. The van der Waals surface area contributed by atoms with Gasteiger partial charge in [0.05, 0.1) is 5.52 Å². The lowest BCUT2D eigenvalue weighted by Crippen LogP contribution is -2.17. The maximum atomic E-state index is 11.9. The highest BCUT2D eigenvalue weighted by Crippen LogP contribution is 2.34. The number of nitrogens with zero attached hydrogens (tertiary/aromatic N) is 1. The summed E-state index contributed by atoms with van der Waals surface area (Å²) in [6.07, 6.45) is 1.08. The van der Waals surface area contributed by atoms with Crippen molar-refractivity contribution in [1.82, 2.24) is 4.57 Å². The van der Waals surface area contributed by atoms with Gasteiger partial charge in [-0.15, -0.1) is 0 Å². The third-order valence-corrected chi connectivity index (χ3v) is 3.49. The lowest BCUT2D eigenvalue weighted by atomic mass is 10.0. The summed E-state index contributed by atoms with van der Waals surface area (Å²) < 4.78 is 7.46. The number of fused-ring (bicyclic) bond motifs is 3. The van der Waals surface area contributed by atoms with E-state index in [1.54, 1.807) is 10.6 Å². The molecule has 0 saturated carbocycles. The second-order valence-corrected chi connectivity index (χ2v) is 4.80. The second kappa shape index (κ2) is 3.36. The minimum absolute atomic E-state index is 0.0444. The summed E-state index contributed by atoms with van der Waals surface area (Å²) in [5, 5.41) is 1.14. The summed E-state index contributed by atoms with van der Waals surface area (Å²) >= 11 is 0. The topological polar surface area (TPSA) is 31.2 Å². The first kappa shape index (κ1) is 10.4. The van der Waals surface area contributed by atoms with E-state index in [1.807, 2.05) is 26.1 Å². The zero-order valence-corrected chi connectivity index (χ0v) is 10.3. The minimum atomic E-state index is 0.0444. The van der Waals surface area contributed by atoms with Crippen LogP contribution >= 0.6 is 0 Å². The maximum absolute atomic E-state index is 11.9. The molecule has 1 unspecified atom stereocenters. The van der Waals surface area contributed by atoms with E-state index in [0.717, 1.165) is 28.6 Å². The van der Waals surface area contributed by atoms with Gasteiger partial charge in [0.1, 0.15) is 11.9 Å². The Kier molecular flexibility index (Phi) is 2.05. The van der Waals surface area contributed by atoms with Crippen molar-refractivity contribution < 1.29 is 4.74 Å². The van der Waals surface area contributed by atoms with Crippen LogP contribution < -0.4 is 10.3 Å². The molecular formula is C14H15NO2. The van der Waals surface area contributed by atoms with Crippen molar-refractivity contribution in [2.24, 2.45) is 7.05 Å². The quantitative estimate of drug-likeness (QED) is 0.693. The van der Waals surface area contributed by atoms with E-state index in [2.05, 4.69) is 6.92 Å². The van der Waals surface area contributed by atoms with E-state index in [9.17, 15) is 4.79 Å². The third kappa shape index (κ3) is 1.38. The highest BCUT2D eigenvalue weighted by molar-refractivity contribution is 5.87. The molecule has 3 heteroatoms. The van der Waals surface area contributed by atoms with Gasteiger partial charge in [0, 0.05) is 30.5 Å². The van der Waals surface area contributed by atoms with Gasteiger partial charge in [0.15, 0.2) is 0 Å². The molecule has 0 N–H and O–H groups in total. The van der Waals surface area contributed by atoms with Crippen molar-refractivity contribution in [2.45, 2.75) is 26.4 Å².